The van der Waals surface area contributed by atoms with Gasteiger partial charge in [-0.05, 0) is 37.3 Å². The van der Waals surface area contributed by atoms with Gasteiger partial charge in [0.2, 0.25) is 5.91 Å². The predicted molar refractivity (Wildman–Crippen MR) is 106 cm³/mol. The molecule has 2 unspecified atom stereocenters. The molecule has 27 heavy (non-hydrogen) atoms. The van der Waals surface area contributed by atoms with E-state index in [0.717, 1.165) is 37.9 Å². The molecule has 0 spiro atoms. The summed E-state index contributed by atoms with van der Waals surface area (Å²) in [5, 5.41) is 12.6. The van der Waals surface area contributed by atoms with Crippen molar-refractivity contribution >= 4 is 22.8 Å². The van der Waals surface area contributed by atoms with Crippen molar-refractivity contribution in [3.05, 3.63) is 30.0 Å². The summed E-state index contributed by atoms with van der Waals surface area (Å²) in [6, 6.07) is 9.78. The van der Waals surface area contributed by atoms with Crippen molar-refractivity contribution in [1.29, 1.82) is 5.26 Å². The molecule has 1 aromatic carbocycles. The number of nitrogens with one attached hydrogen (secondary N) is 1. The molecule has 3 rings (SSSR count). The third kappa shape index (κ3) is 4.36. The van der Waals surface area contributed by atoms with Crippen LogP contribution in [-0.4, -0.2) is 35.5 Å². The zero-order valence-corrected chi connectivity index (χ0v) is 16.1. The maximum absolute atomic E-state index is 12.7. The van der Waals surface area contributed by atoms with Gasteiger partial charge < -0.3 is 10.2 Å². The van der Waals surface area contributed by atoms with Gasteiger partial charge in [0.25, 0.3) is 0 Å². The van der Waals surface area contributed by atoms with Gasteiger partial charge >= 0.3 is 0 Å². The lowest BCUT2D eigenvalue weighted by molar-refractivity contribution is -0.121. The van der Waals surface area contributed by atoms with Gasteiger partial charge in [-0.25, -0.2) is 9.97 Å². The van der Waals surface area contributed by atoms with Gasteiger partial charge in [-0.1, -0.05) is 32.4 Å². The Balaban J connectivity index is 2.01. The van der Waals surface area contributed by atoms with Crippen LogP contribution >= 0.6 is 0 Å². The molecule has 1 aliphatic rings. The van der Waals surface area contributed by atoms with E-state index in [1.54, 1.807) is 0 Å². The van der Waals surface area contributed by atoms with Gasteiger partial charge in [0, 0.05) is 19.6 Å². The Labute approximate surface area is 160 Å². The van der Waals surface area contributed by atoms with Crippen LogP contribution in [0.4, 0.5) is 5.82 Å². The monoisotopic (exact) mass is 365 g/mol. The fourth-order valence-electron chi connectivity index (χ4n) is 3.55. The Bertz CT molecular complexity index is 844. The number of anilines is 1. The van der Waals surface area contributed by atoms with Gasteiger partial charge in [-0.15, -0.1) is 0 Å². The number of carbonyl (C=O) groups is 1. The average molecular weight is 365 g/mol. The van der Waals surface area contributed by atoms with Crippen molar-refractivity contribution in [2.75, 3.05) is 24.5 Å². The number of carbonyl (C=O) groups excluding carboxylic acids is 1. The lowest BCUT2D eigenvalue weighted by Gasteiger charge is -2.33. The number of hydrogen-bond acceptors (Lipinski definition) is 5. The summed E-state index contributed by atoms with van der Waals surface area (Å²) in [6.45, 7) is 6.61. The van der Waals surface area contributed by atoms with E-state index >= 15 is 0 Å². The summed E-state index contributed by atoms with van der Waals surface area (Å²) in [5.74, 6) is -0.00994. The zero-order valence-electron chi connectivity index (χ0n) is 16.1. The molecule has 1 aliphatic heterocycles. The second-order valence-electron chi connectivity index (χ2n) is 7.32. The van der Waals surface area contributed by atoms with Crippen molar-refractivity contribution in [3.63, 3.8) is 0 Å². The molecule has 2 aromatic rings. The molecule has 1 amide bonds. The van der Waals surface area contributed by atoms with Crippen molar-refractivity contribution in [2.45, 2.75) is 45.4 Å². The highest BCUT2D eigenvalue weighted by Gasteiger charge is 2.30. The van der Waals surface area contributed by atoms with Crippen LogP contribution in [0.25, 0.3) is 11.0 Å². The Hall–Kier alpha value is -2.68. The maximum Gasteiger partial charge on any atom is 0.243 e. The van der Waals surface area contributed by atoms with Crippen LogP contribution in [0.3, 0.4) is 0 Å². The topological polar surface area (TPSA) is 81.9 Å². The largest absolute Gasteiger partial charge is 0.355 e. The molecule has 2 heterocycles. The van der Waals surface area contributed by atoms with Gasteiger partial charge in [-0.2, -0.15) is 5.26 Å². The van der Waals surface area contributed by atoms with Gasteiger partial charge in [0.15, 0.2) is 11.7 Å². The van der Waals surface area contributed by atoms with E-state index in [1.165, 1.54) is 6.42 Å². The van der Waals surface area contributed by atoms with Crippen LogP contribution in [0.2, 0.25) is 0 Å². The Morgan fingerprint density at radius 1 is 1.37 bits per heavy atom. The van der Waals surface area contributed by atoms with E-state index in [1.807, 2.05) is 24.3 Å². The molecule has 1 aromatic heterocycles. The van der Waals surface area contributed by atoms with Gasteiger partial charge in [-0.3, -0.25) is 4.79 Å². The third-order valence-electron chi connectivity index (χ3n) is 5.03. The van der Waals surface area contributed by atoms with Gasteiger partial charge in [0.1, 0.15) is 5.69 Å². The maximum atomic E-state index is 12.7. The first-order valence-corrected chi connectivity index (χ1v) is 9.83. The van der Waals surface area contributed by atoms with Crippen LogP contribution in [0.1, 0.15) is 51.1 Å². The van der Waals surface area contributed by atoms with Gasteiger partial charge in [0.05, 0.1) is 17.1 Å². The highest BCUT2D eigenvalue weighted by Crippen LogP contribution is 2.30. The van der Waals surface area contributed by atoms with E-state index in [2.05, 4.69) is 30.1 Å². The fraction of sp³-hybridized carbons (Fsp3) is 0.524. The number of piperidine rings is 1. The van der Waals surface area contributed by atoms with E-state index in [9.17, 15) is 10.1 Å². The summed E-state index contributed by atoms with van der Waals surface area (Å²) >= 11 is 0. The number of unbranched alkanes of at least 4 members (excludes halogenated alkanes) is 1. The number of fused-ring (bicyclic) bond motifs is 1. The average Bonchev–Trinajstić information content (AvgIpc) is 2.68. The number of amides is 1. The number of rotatable bonds is 6. The zero-order chi connectivity index (χ0) is 19.2. The lowest BCUT2D eigenvalue weighted by atomic mass is 9.98. The minimum atomic E-state index is -0.953. The van der Waals surface area contributed by atoms with Crippen LogP contribution in [-0.2, 0) is 4.79 Å². The first kappa shape index (κ1) is 19.1. The Kier molecular flexibility index (Phi) is 6.23. The molecule has 142 valence electrons. The minimum Gasteiger partial charge on any atom is -0.355 e. The second-order valence-corrected chi connectivity index (χ2v) is 7.32. The normalized spacial score (nSPS) is 18.1. The highest BCUT2D eigenvalue weighted by atomic mass is 16.1. The number of para-hydroxylation sites is 2. The number of nitrogens with zero attached hydrogens (tertiary/aromatic N) is 4. The number of nitriles is 1. The first-order valence-electron chi connectivity index (χ1n) is 9.83. The Morgan fingerprint density at radius 2 is 2.11 bits per heavy atom. The van der Waals surface area contributed by atoms with Crippen molar-refractivity contribution < 1.29 is 4.79 Å². The third-order valence-corrected chi connectivity index (χ3v) is 5.03. The number of aromatic nitrogens is 2. The molecule has 6 heteroatoms. The lowest BCUT2D eigenvalue weighted by Crippen LogP contribution is -2.37. The smallest absolute Gasteiger partial charge is 0.243 e. The first-order chi connectivity index (χ1) is 13.1. The number of hydrogen-bond donors (Lipinski definition) is 1. The summed E-state index contributed by atoms with van der Waals surface area (Å²) in [5.41, 5.74) is 1.97. The van der Waals surface area contributed by atoms with E-state index in [0.29, 0.717) is 29.5 Å². The molecule has 0 radical (unpaired) electrons. The molecule has 1 fully saturated rings. The van der Waals surface area contributed by atoms with E-state index < -0.39 is 5.92 Å². The summed E-state index contributed by atoms with van der Waals surface area (Å²) in [6.07, 6.45) is 4.15. The molecular weight excluding hydrogens is 338 g/mol. The SMILES string of the molecule is CCCCNC(=O)C(C#N)c1nc2ccccc2nc1N1CCCC(C)C1. The van der Waals surface area contributed by atoms with Crippen molar-refractivity contribution in [1.82, 2.24) is 15.3 Å². The molecule has 1 saturated heterocycles. The van der Waals surface area contributed by atoms with Crippen LogP contribution < -0.4 is 10.2 Å². The molecule has 2 atom stereocenters. The van der Waals surface area contributed by atoms with Crippen LogP contribution in [0, 0.1) is 17.2 Å². The predicted octanol–water partition coefficient (Wildman–Crippen LogP) is 3.39. The fourth-order valence-corrected chi connectivity index (χ4v) is 3.55. The second kappa shape index (κ2) is 8.81. The molecule has 0 aliphatic carbocycles. The summed E-state index contributed by atoms with van der Waals surface area (Å²) in [4.78, 5) is 24.4. The highest BCUT2D eigenvalue weighted by molar-refractivity contribution is 5.88. The molecule has 1 N–H and O–H groups in total. The molecule has 0 bridgehead atoms. The Morgan fingerprint density at radius 3 is 2.78 bits per heavy atom. The van der Waals surface area contributed by atoms with E-state index in [4.69, 9.17) is 9.97 Å². The molecule has 6 nitrogen and oxygen atoms in total. The van der Waals surface area contributed by atoms with Crippen molar-refractivity contribution in [3.8, 4) is 6.07 Å². The summed E-state index contributed by atoms with van der Waals surface area (Å²) < 4.78 is 0. The number of benzene rings is 1. The quantitative estimate of drug-likeness (QED) is 0.794. The van der Waals surface area contributed by atoms with Crippen LogP contribution in [0.5, 0.6) is 0 Å². The van der Waals surface area contributed by atoms with Crippen molar-refractivity contribution in [2.24, 2.45) is 5.92 Å². The van der Waals surface area contributed by atoms with E-state index in [-0.39, 0.29) is 5.91 Å². The van der Waals surface area contributed by atoms with Crippen LogP contribution in [0.15, 0.2) is 24.3 Å². The molecular formula is C21H27N5O. The summed E-state index contributed by atoms with van der Waals surface area (Å²) in [7, 11) is 0. The molecule has 0 saturated carbocycles. The minimum absolute atomic E-state index is 0.290. The standard InChI is InChI=1S/C21H27N5O/c1-3-4-11-23-21(27)16(13-22)19-20(26-12-7-8-15(2)14-26)25-18-10-6-5-9-17(18)24-19/h5-6,9-10,15-16H,3-4,7-8,11-12,14H2,1-2H3,(H,23,27).